The Labute approximate surface area is 143 Å². The Balaban J connectivity index is 2.15. The second-order valence-electron chi connectivity index (χ2n) is 5.88. The van der Waals surface area contributed by atoms with Gasteiger partial charge >= 0.3 is 5.97 Å². The van der Waals surface area contributed by atoms with Crippen LogP contribution in [0.25, 0.3) is 0 Å². The second kappa shape index (κ2) is 7.86. The molecular weight excluding hydrogens is 304 g/mol. The van der Waals surface area contributed by atoms with Crippen molar-refractivity contribution in [3.05, 3.63) is 58.1 Å². The van der Waals surface area contributed by atoms with E-state index in [0.717, 1.165) is 33.6 Å². The maximum Gasteiger partial charge on any atom is 0.310 e. The van der Waals surface area contributed by atoms with Crippen molar-refractivity contribution in [3.63, 3.8) is 0 Å². The summed E-state index contributed by atoms with van der Waals surface area (Å²) in [6, 6.07) is 9.29. The molecule has 0 bridgehead atoms. The summed E-state index contributed by atoms with van der Waals surface area (Å²) in [4.78, 5) is 11.6. The molecule has 0 aliphatic heterocycles. The van der Waals surface area contributed by atoms with E-state index < -0.39 is 0 Å². The van der Waals surface area contributed by atoms with Gasteiger partial charge in [-0.1, -0.05) is 18.2 Å². The van der Waals surface area contributed by atoms with Crippen LogP contribution >= 0.6 is 0 Å². The number of carbonyl (C=O) groups excluding carboxylic acids is 1. The van der Waals surface area contributed by atoms with Gasteiger partial charge in [-0.3, -0.25) is 4.79 Å². The highest BCUT2D eigenvalue weighted by Gasteiger charge is 2.10. The van der Waals surface area contributed by atoms with Crippen molar-refractivity contribution in [1.29, 1.82) is 0 Å². The molecule has 4 heteroatoms. The van der Waals surface area contributed by atoms with Crippen LogP contribution in [0.3, 0.4) is 0 Å². The van der Waals surface area contributed by atoms with E-state index >= 15 is 0 Å². The quantitative estimate of drug-likeness (QED) is 0.814. The summed E-state index contributed by atoms with van der Waals surface area (Å²) >= 11 is 0. The molecule has 0 unspecified atom stereocenters. The molecule has 2 aromatic rings. The molecule has 1 N–H and O–H groups in total. The van der Waals surface area contributed by atoms with Crippen molar-refractivity contribution >= 4 is 5.97 Å². The van der Waals surface area contributed by atoms with Crippen LogP contribution in [0.5, 0.6) is 11.5 Å². The lowest BCUT2D eigenvalue weighted by molar-refractivity contribution is -0.142. The number of phenolic OH excluding ortho intramolecular Hbond substituents is 1. The van der Waals surface area contributed by atoms with Gasteiger partial charge in [0.25, 0.3) is 0 Å². The Morgan fingerprint density at radius 3 is 2.50 bits per heavy atom. The van der Waals surface area contributed by atoms with Crippen molar-refractivity contribution in [2.45, 2.75) is 40.7 Å². The van der Waals surface area contributed by atoms with Gasteiger partial charge in [-0.25, -0.2) is 0 Å². The summed E-state index contributed by atoms with van der Waals surface area (Å²) in [6.07, 6.45) is 0.231. The minimum absolute atomic E-state index is 0.231. The summed E-state index contributed by atoms with van der Waals surface area (Å²) < 4.78 is 10.9. The van der Waals surface area contributed by atoms with Crippen LogP contribution in [0.2, 0.25) is 0 Å². The first-order valence-electron chi connectivity index (χ1n) is 8.08. The minimum Gasteiger partial charge on any atom is -0.508 e. The molecule has 0 spiro atoms. The molecule has 0 saturated heterocycles. The molecule has 0 fully saturated rings. The zero-order valence-electron chi connectivity index (χ0n) is 14.7. The van der Waals surface area contributed by atoms with E-state index in [2.05, 4.69) is 0 Å². The van der Waals surface area contributed by atoms with Gasteiger partial charge in [0.05, 0.1) is 13.0 Å². The zero-order valence-corrected chi connectivity index (χ0v) is 14.7. The lowest BCUT2D eigenvalue weighted by Gasteiger charge is -2.15. The topological polar surface area (TPSA) is 55.8 Å². The number of carbonyl (C=O) groups is 1. The first kappa shape index (κ1) is 17.9. The van der Waals surface area contributed by atoms with E-state index in [1.165, 1.54) is 0 Å². The number of aromatic hydroxyl groups is 1. The zero-order chi connectivity index (χ0) is 17.7. The number of hydrogen-bond donors (Lipinski definition) is 1. The van der Waals surface area contributed by atoms with E-state index in [9.17, 15) is 9.90 Å². The van der Waals surface area contributed by atoms with Crippen molar-refractivity contribution < 1.29 is 19.4 Å². The summed E-state index contributed by atoms with van der Waals surface area (Å²) in [5.41, 5.74) is 4.74. The van der Waals surface area contributed by atoms with Crippen molar-refractivity contribution in [2.75, 3.05) is 6.61 Å². The van der Waals surface area contributed by atoms with Crippen LogP contribution in [-0.2, 0) is 22.6 Å². The maximum atomic E-state index is 11.6. The summed E-state index contributed by atoms with van der Waals surface area (Å²) in [5, 5.41) is 9.86. The van der Waals surface area contributed by atoms with E-state index in [0.29, 0.717) is 13.2 Å². The van der Waals surface area contributed by atoms with Gasteiger partial charge in [-0.15, -0.1) is 0 Å². The van der Waals surface area contributed by atoms with Crippen LogP contribution in [0.1, 0.15) is 34.7 Å². The SMILES string of the molecule is CCOC(=O)Cc1ccc(C)c(OCc2c(C)ccc(O)c2C)c1. The van der Waals surface area contributed by atoms with Crippen LogP contribution in [0.15, 0.2) is 30.3 Å². The van der Waals surface area contributed by atoms with E-state index in [1.54, 1.807) is 13.0 Å². The Bertz CT molecular complexity index is 735. The third-order valence-electron chi connectivity index (χ3n) is 4.08. The molecule has 0 saturated carbocycles. The van der Waals surface area contributed by atoms with Crippen LogP contribution in [0, 0.1) is 20.8 Å². The molecule has 0 aromatic heterocycles. The summed E-state index contributed by atoms with van der Waals surface area (Å²) in [5.74, 6) is 0.762. The lowest BCUT2D eigenvalue weighted by Crippen LogP contribution is -2.08. The Morgan fingerprint density at radius 1 is 1.08 bits per heavy atom. The average Bonchev–Trinajstić information content (AvgIpc) is 2.54. The molecule has 128 valence electrons. The first-order valence-corrected chi connectivity index (χ1v) is 8.08. The van der Waals surface area contributed by atoms with Gasteiger partial charge in [0.1, 0.15) is 18.1 Å². The number of benzene rings is 2. The highest BCUT2D eigenvalue weighted by atomic mass is 16.5. The average molecular weight is 328 g/mol. The summed E-state index contributed by atoms with van der Waals surface area (Å²) in [7, 11) is 0. The predicted molar refractivity (Wildman–Crippen MR) is 93.4 cm³/mol. The minimum atomic E-state index is -0.244. The molecular formula is C20H24O4. The molecule has 0 aliphatic rings. The predicted octanol–water partition coefficient (Wildman–Crippen LogP) is 4.00. The van der Waals surface area contributed by atoms with Crippen molar-refractivity contribution in [1.82, 2.24) is 0 Å². The Kier molecular flexibility index (Phi) is 5.85. The highest BCUT2D eigenvalue weighted by Crippen LogP contribution is 2.26. The van der Waals surface area contributed by atoms with E-state index in [4.69, 9.17) is 9.47 Å². The molecule has 0 atom stereocenters. The first-order chi connectivity index (χ1) is 11.4. The van der Waals surface area contributed by atoms with Crippen molar-refractivity contribution in [2.24, 2.45) is 0 Å². The third-order valence-corrected chi connectivity index (χ3v) is 4.08. The van der Waals surface area contributed by atoms with Crippen LogP contribution in [-0.4, -0.2) is 17.7 Å². The van der Waals surface area contributed by atoms with E-state index in [1.807, 2.05) is 45.0 Å². The van der Waals surface area contributed by atoms with E-state index in [-0.39, 0.29) is 18.1 Å². The Hall–Kier alpha value is -2.49. The normalized spacial score (nSPS) is 10.5. The lowest BCUT2D eigenvalue weighted by atomic mass is 10.0. The fourth-order valence-corrected chi connectivity index (χ4v) is 2.54. The number of phenols is 1. The number of ether oxygens (including phenoxy) is 2. The standard InChI is InChI=1S/C20H24O4/c1-5-23-20(22)11-16-8-6-14(3)19(10-16)24-12-17-13(2)7-9-18(21)15(17)4/h6-10,21H,5,11-12H2,1-4H3. The fraction of sp³-hybridized carbons (Fsp3) is 0.350. The number of rotatable bonds is 6. The largest absolute Gasteiger partial charge is 0.508 e. The Morgan fingerprint density at radius 2 is 1.79 bits per heavy atom. The monoisotopic (exact) mass is 328 g/mol. The van der Waals surface area contributed by atoms with Crippen LogP contribution in [0.4, 0.5) is 0 Å². The number of hydrogen-bond acceptors (Lipinski definition) is 4. The number of esters is 1. The fourth-order valence-electron chi connectivity index (χ4n) is 2.54. The molecule has 24 heavy (non-hydrogen) atoms. The third kappa shape index (κ3) is 4.28. The molecule has 2 aromatic carbocycles. The molecule has 4 nitrogen and oxygen atoms in total. The number of aryl methyl sites for hydroxylation is 2. The van der Waals surface area contributed by atoms with Gasteiger partial charge in [-0.2, -0.15) is 0 Å². The van der Waals surface area contributed by atoms with Crippen LogP contribution < -0.4 is 4.74 Å². The van der Waals surface area contributed by atoms with Gasteiger partial charge in [0, 0.05) is 0 Å². The molecule has 0 radical (unpaired) electrons. The second-order valence-corrected chi connectivity index (χ2v) is 5.88. The van der Waals surface area contributed by atoms with Gasteiger partial charge < -0.3 is 14.6 Å². The molecule has 0 heterocycles. The molecule has 0 amide bonds. The maximum absolute atomic E-state index is 11.6. The van der Waals surface area contributed by atoms with Crippen molar-refractivity contribution in [3.8, 4) is 11.5 Å². The highest BCUT2D eigenvalue weighted by molar-refractivity contribution is 5.72. The van der Waals surface area contributed by atoms with Gasteiger partial charge in [0.2, 0.25) is 0 Å². The van der Waals surface area contributed by atoms with Gasteiger partial charge in [-0.05, 0) is 67.6 Å². The van der Waals surface area contributed by atoms with Gasteiger partial charge in [0.15, 0.2) is 0 Å². The smallest absolute Gasteiger partial charge is 0.310 e. The molecule has 0 aliphatic carbocycles. The summed E-state index contributed by atoms with van der Waals surface area (Å²) in [6.45, 7) is 8.38. The molecule has 2 rings (SSSR count).